The van der Waals surface area contributed by atoms with Crippen LogP contribution in [0.15, 0.2) is 42.5 Å². The molecule has 4 aromatic rings. The zero-order chi connectivity index (χ0) is 33.2. The fourth-order valence-electron chi connectivity index (χ4n) is 5.04. The van der Waals surface area contributed by atoms with Crippen LogP contribution in [0, 0.1) is 3.83 Å². The Morgan fingerprint density at radius 2 is 1.98 bits per heavy atom. The fraction of sp³-hybridized carbons (Fsp3) is 0.448. The second kappa shape index (κ2) is 13.9. The summed E-state index contributed by atoms with van der Waals surface area (Å²) < 4.78 is 44.6. The van der Waals surface area contributed by atoms with E-state index < -0.39 is 50.4 Å². The van der Waals surface area contributed by atoms with Gasteiger partial charge in [-0.2, -0.15) is 15.1 Å². The smallest absolute Gasteiger partial charge is 0.459 e. The second-order valence-electron chi connectivity index (χ2n) is 10.9. The Morgan fingerprint density at radius 1 is 1.24 bits per heavy atom. The van der Waals surface area contributed by atoms with Crippen molar-refractivity contribution in [3.63, 3.8) is 0 Å². The average molecular weight is 771 g/mol. The molecule has 2 aromatic heterocycles. The molecule has 1 aliphatic rings. The van der Waals surface area contributed by atoms with Crippen molar-refractivity contribution < 1.29 is 42.8 Å². The Balaban J connectivity index is 1.42. The number of ether oxygens (including phenoxy) is 3. The molecule has 0 aliphatic carbocycles. The van der Waals surface area contributed by atoms with Crippen molar-refractivity contribution in [2.45, 2.75) is 63.7 Å². The molecular weight excluding hydrogens is 734 g/mol. The summed E-state index contributed by atoms with van der Waals surface area (Å²) in [6.07, 6.45) is -2.47. The number of hydrogen-bond donors (Lipinski definition) is 4. The first kappa shape index (κ1) is 34.2. The molecule has 46 heavy (non-hydrogen) atoms. The number of esters is 1. The van der Waals surface area contributed by atoms with Gasteiger partial charge in [0.05, 0.1) is 20.3 Å². The molecule has 5 rings (SSSR count). The number of halogens is 1. The zero-order valence-corrected chi connectivity index (χ0v) is 28.7. The van der Waals surface area contributed by atoms with Crippen LogP contribution in [0.1, 0.15) is 39.8 Å². The predicted octanol–water partition coefficient (Wildman–Crippen LogP) is 3.71. The van der Waals surface area contributed by atoms with Gasteiger partial charge in [0, 0.05) is 28.0 Å². The number of hydrogen-bond acceptors (Lipinski definition) is 13. The number of nitrogen functional groups attached to an aromatic ring is 1. The van der Waals surface area contributed by atoms with Crippen LogP contribution in [-0.4, -0.2) is 79.9 Å². The number of imidazole rings is 1. The summed E-state index contributed by atoms with van der Waals surface area (Å²) in [5.41, 5.74) is 4.45. The Hall–Kier alpha value is -3.12. The molecule has 248 valence electrons. The van der Waals surface area contributed by atoms with Gasteiger partial charge in [0.15, 0.2) is 21.2 Å². The molecule has 0 amide bonds. The molecular formula is C29H36IN6O9P. The van der Waals surface area contributed by atoms with Gasteiger partial charge in [0.25, 0.3) is 0 Å². The molecule has 2 unspecified atom stereocenters. The van der Waals surface area contributed by atoms with Gasteiger partial charge in [-0.05, 0) is 31.7 Å². The minimum Gasteiger partial charge on any atom is -0.479 e. The highest BCUT2D eigenvalue weighted by Crippen LogP contribution is 2.49. The van der Waals surface area contributed by atoms with E-state index in [2.05, 4.69) is 20.0 Å². The van der Waals surface area contributed by atoms with Crippen molar-refractivity contribution in [1.29, 1.82) is 0 Å². The first-order valence-electron chi connectivity index (χ1n) is 14.6. The molecule has 17 heteroatoms. The number of unbranched alkanes of at least 4 members (excludes halogenated alkanes) is 1. The number of benzene rings is 2. The minimum atomic E-state index is -4.36. The number of nitrogens with two attached hydrogens (primary N) is 1. The Bertz CT molecular complexity index is 1770. The molecule has 0 saturated carbocycles. The van der Waals surface area contributed by atoms with E-state index in [1.807, 2.05) is 53.8 Å². The number of carbonyl (C=O) groups excluding carboxylic acids is 1. The number of nitrogens with one attached hydrogen (secondary N) is 1. The van der Waals surface area contributed by atoms with Crippen molar-refractivity contribution >= 4 is 64.2 Å². The first-order chi connectivity index (χ1) is 21.9. The minimum absolute atomic E-state index is 0.0973. The lowest BCUT2D eigenvalue weighted by Crippen LogP contribution is -2.45. The normalized spacial score (nSPS) is 23.3. The van der Waals surface area contributed by atoms with E-state index in [4.69, 9.17) is 29.0 Å². The summed E-state index contributed by atoms with van der Waals surface area (Å²) >= 11 is 1.93. The van der Waals surface area contributed by atoms with Crippen LogP contribution in [0.25, 0.3) is 21.9 Å². The van der Waals surface area contributed by atoms with E-state index in [0.717, 1.165) is 11.8 Å². The Morgan fingerprint density at radius 3 is 2.72 bits per heavy atom. The van der Waals surface area contributed by atoms with Crippen molar-refractivity contribution in [2.75, 3.05) is 26.1 Å². The van der Waals surface area contributed by atoms with Gasteiger partial charge in [-0.3, -0.25) is 13.9 Å². The summed E-state index contributed by atoms with van der Waals surface area (Å²) in [7, 11) is -2.95. The van der Waals surface area contributed by atoms with Crippen LogP contribution in [0.4, 0.5) is 5.95 Å². The molecule has 15 nitrogen and oxygen atoms in total. The lowest BCUT2D eigenvalue weighted by atomic mass is 9.96. The van der Waals surface area contributed by atoms with Crippen LogP contribution in [0.5, 0.6) is 11.6 Å². The summed E-state index contributed by atoms with van der Waals surface area (Å²) in [4.78, 5) is 25.4. The van der Waals surface area contributed by atoms with Crippen molar-refractivity contribution in [3.05, 3.63) is 46.3 Å². The maximum Gasteiger partial charge on any atom is 0.459 e. The maximum atomic E-state index is 14.3. The topological polar surface area (TPSA) is 202 Å². The quantitative estimate of drug-likeness (QED) is 0.0504. The van der Waals surface area contributed by atoms with Gasteiger partial charge < -0.3 is 34.7 Å². The third-order valence-corrected chi connectivity index (χ3v) is 9.88. The van der Waals surface area contributed by atoms with E-state index in [9.17, 15) is 19.6 Å². The number of anilines is 1. The molecule has 1 saturated heterocycles. The number of aromatic nitrogens is 4. The lowest BCUT2D eigenvalue weighted by molar-refractivity contribution is -0.145. The van der Waals surface area contributed by atoms with Gasteiger partial charge in [0.2, 0.25) is 11.8 Å². The number of methoxy groups -OCH3 is 1. The van der Waals surface area contributed by atoms with Crippen LogP contribution in [0.2, 0.25) is 0 Å². The summed E-state index contributed by atoms with van der Waals surface area (Å²) in [5, 5.41) is 26.9. The Kier molecular flexibility index (Phi) is 10.4. The molecule has 3 heterocycles. The van der Waals surface area contributed by atoms with E-state index >= 15 is 0 Å². The molecule has 5 N–H and O–H groups in total. The number of fused-ring (bicyclic) bond motifs is 2. The van der Waals surface area contributed by atoms with Crippen molar-refractivity contribution in [3.8, 4) is 11.6 Å². The number of nitrogens with zero attached hydrogens (tertiary/aromatic N) is 4. The van der Waals surface area contributed by atoms with Crippen LogP contribution in [-0.2, 0) is 23.4 Å². The zero-order valence-electron chi connectivity index (χ0n) is 25.6. The van der Waals surface area contributed by atoms with Crippen LogP contribution >= 0.6 is 30.3 Å². The molecule has 0 radical (unpaired) electrons. The van der Waals surface area contributed by atoms with Crippen molar-refractivity contribution in [1.82, 2.24) is 24.6 Å². The fourth-order valence-corrected chi connectivity index (χ4v) is 7.28. The van der Waals surface area contributed by atoms with Crippen molar-refractivity contribution in [2.24, 2.45) is 0 Å². The van der Waals surface area contributed by atoms with Gasteiger partial charge in [-0.15, -0.1) is 0 Å². The summed E-state index contributed by atoms with van der Waals surface area (Å²) in [6, 6.07) is 11.5. The third-order valence-electron chi connectivity index (χ3n) is 7.49. The molecule has 2 aromatic carbocycles. The molecule has 1 aliphatic heterocycles. The number of rotatable bonds is 13. The maximum absolute atomic E-state index is 14.3. The van der Waals surface area contributed by atoms with Gasteiger partial charge in [0.1, 0.15) is 29.6 Å². The van der Waals surface area contributed by atoms with Gasteiger partial charge in [-0.25, -0.2) is 9.55 Å². The molecule has 6 atom stereocenters. The third kappa shape index (κ3) is 6.93. The Labute approximate surface area is 278 Å². The highest BCUT2D eigenvalue weighted by molar-refractivity contribution is 14.1. The average Bonchev–Trinajstić information content (AvgIpc) is 3.46. The first-order valence-corrected chi connectivity index (χ1v) is 17.2. The SMILES string of the molecule is CCCCOC(=O)[C@H](C)NP(=O)(OC[C@H]1OC(n2c(I)nc3c(OC)nc(N)nc32)[C@](C)(O)[C@@H]1O)Oc1cccc2ccccc12. The molecule has 0 bridgehead atoms. The number of aliphatic hydroxyl groups is 2. The molecule has 1 fully saturated rings. The standard InChI is InChI=1S/C29H36IN6O9P/c1-5-6-14-42-25(38)16(2)35-46(40,45-19-13-9-11-17-10-7-8-12-18(17)19)43-15-20-22(37)29(3,39)26(44-20)36-23-21(32-27(36)30)24(41-4)34-28(31)33-23/h7-13,16,20,22,26,37,39H,5-6,14-15H2,1-4H3,(H,35,40)(H2,31,33,34)/t16-,20+,22+,26?,29+,46?/m0/s1. The van der Waals surface area contributed by atoms with E-state index in [1.165, 1.54) is 25.5 Å². The second-order valence-corrected chi connectivity index (χ2v) is 13.6. The lowest BCUT2D eigenvalue weighted by Gasteiger charge is -2.28. The monoisotopic (exact) mass is 770 g/mol. The summed E-state index contributed by atoms with van der Waals surface area (Å²) in [5.74, 6) is -0.377. The van der Waals surface area contributed by atoms with Gasteiger partial charge in [-0.1, -0.05) is 49.7 Å². The highest BCUT2D eigenvalue weighted by Gasteiger charge is 2.55. The molecule has 0 spiro atoms. The number of aliphatic hydroxyl groups excluding tert-OH is 1. The van der Waals surface area contributed by atoms with E-state index in [-0.39, 0.29) is 35.3 Å². The van der Waals surface area contributed by atoms with Gasteiger partial charge >= 0.3 is 13.7 Å². The highest BCUT2D eigenvalue weighted by atomic mass is 127. The largest absolute Gasteiger partial charge is 0.479 e. The van der Waals surface area contributed by atoms with Crippen LogP contribution in [0.3, 0.4) is 0 Å². The predicted molar refractivity (Wildman–Crippen MR) is 176 cm³/mol. The van der Waals surface area contributed by atoms with E-state index in [0.29, 0.717) is 15.6 Å². The summed E-state index contributed by atoms with van der Waals surface area (Å²) in [6.45, 7) is 4.52. The van der Waals surface area contributed by atoms with Crippen LogP contribution < -0.4 is 20.1 Å². The number of carbonyl (C=O) groups is 1. The van der Waals surface area contributed by atoms with E-state index in [1.54, 1.807) is 18.2 Å².